The lowest BCUT2D eigenvalue weighted by atomic mass is 10.1. The number of aryl methyl sites for hydroxylation is 1. The van der Waals surface area contributed by atoms with Crippen LogP contribution in [0.2, 0.25) is 0 Å². The number of hydrogen-bond donors (Lipinski definition) is 2. The monoisotopic (exact) mass is 452 g/mol. The Morgan fingerprint density at radius 1 is 1.22 bits per heavy atom. The molecule has 2 N–H and O–H groups in total. The largest absolute Gasteiger partial charge is 0.350 e. The first-order chi connectivity index (χ1) is 12.9. The molecule has 0 aromatic heterocycles. The molecular weight excluding hydrogens is 431 g/mol. The zero-order chi connectivity index (χ0) is 19.8. The Hall–Kier alpha value is -1.86. The molecule has 0 bridgehead atoms. The Balaban J connectivity index is 2.03. The molecule has 144 valence electrons. The summed E-state index contributed by atoms with van der Waals surface area (Å²) < 4.78 is 14.0. The van der Waals surface area contributed by atoms with Gasteiger partial charge in [0, 0.05) is 11.0 Å². The van der Waals surface area contributed by atoms with Gasteiger partial charge in [0.25, 0.3) is 5.91 Å². The molecule has 27 heavy (non-hydrogen) atoms. The van der Waals surface area contributed by atoms with E-state index in [4.69, 9.17) is 0 Å². The highest BCUT2D eigenvalue weighted by Gasteiger charge is 2.21. The second-order valence-corrected chi connectivity index (χ2v) is 7.93. The van der Waals surface area contributed by atoms with Crippen LogP contribution in [0.15, 0.2) is 46.9 Å². The van der Waals surface area contributed by atoms with E-state index in [0.29, 0.717) is 22.0 Å². The standard InChI is InChI=1S/C20H22BrFN2O2S/c1-13-11-14(7-8-17(13)22)12-23-20(26)18(9-10-27-2)24-19(25)15-5-3-4-6-16(15)21/h3-8,11,18H,9-10,12H2,1-2H3,(H,23,26)(H,24,25). The quantitative estimate of drug-likeness (QED) is 0.634. The van der Waals surface area contributed by atoms with E-state index in [9.17, 15) is 14.0 Å². The third-order valence-corrected chi connectivity index (χ3v) is 5.38. The van der Waals surface area contributed by atoms with Crippen LogP contribution in [0.4, 0.5) is 4.39 Å². The minimum atomic E-state index is -0.640. The van der Waals surface area contributed by atoms with E-state index in [-0.39, 0.29) is 24.2 Å². The van der Waals surface area contributed by atoms with Gasteiger partial charge in [0.05, 0.1) is 5.56 Å². The molecule has 0 heterocycles. The molecule has 2 amide bonds. The first-order valence-corrected chi connectivity index (χ1v) is 10.7. The predicted molar refractivity (Wildman–Crippen MR) is 111 cm³/mol. The highest BCUT2D eigenvalue weighted by molar-refractivity contribution is 9.10. The van der Waals surface area contributed by atoms with Crippen LogP contribution in [0.3, 0.4) is 0 Å². The van der Waals surface area contributed by atoms with Gasteiger partial charge in [-0.2, -0.15) is 11.8 Å². The van der Waals surface area contributed by atoms with Crippen molar-refractivity contribution in [2.24, 2.45) is 0 Å². The lowest BCUT2D eigenvalue weighted by molar-refractivity contribution is -0.123. The number of thioether (sulfide) groups is 1. The molecular formula is C20H22BrFN2O2S. The normalized spacial score (nSPS) is 11.7. The number of carbonyl (C=O) groups is 2. The second kappa shape index (κ2) is 10.5. The van der Waals surface area contributed by atoms with Crippen LogP contribution in [0.25, 0.3) is 0 Å². The number of carbonyl (C=O) groups excluding carboxylic acids is 2. The van der Waals surface area contributed by atoms with Gasteiger partial charge in [-0.15, -0.1) is 0 Å². The molecule has 0 saturated heterocycles. The van der Waals surface area contributed by atoms with Crippen molar-refractivity contribution in [1.29, 1.82) is 0 Å². The maximum Gasteiger partial charge on any atom is 0.253 e. The molecule has 2 aromatic carbocycles. The summed E-state index contributed by atoms with van der Waals surface area (Å²) in [5.74, 6) is -0.0966. The first-order valence-electron chi connectivity index (χ1n) is 8.49. The molecule has 2 aromatic rings. The minimum absolute atomic E-state index is 0.258. The van der Waals surface area contributed by atoms with Crippen molar-refractivity contribution in [2.75, 3.05) is 12.0 Å². The van der Waals surface area contributed by atoms with Crippen LogP contribution in [0.5, 0.6) is 0 Å². The third kappa shape index (κ3) is 6.36. The van der Waals surface area contributed by atoms with Crippen molar-refractivity contribution in [3.05, 3.63) is 69.4 Å². The van der Waals surface area contributed by atoms with Crippen LogP contribution in [0.1, 0.15) is 27.9 Å². The summed E-state index contributed by atoms with van der Waals surface area (Å²) in [6.45, 7) is 1.96. The lowest BCUT2D eigenvalue weighted by Gasteiger charge is -2.19. The number of nitrogens with one attached hydrogen (secondary N) is 2. The van der Waals surface area contributed by atoms with E-state index >= 15 is 0 Å². The zero-order valence-corrected chi connectivity index (χ0v) is 17.6. The van der Waals surface area contributed by atoms with E-state index < -0.39 is 6.04 Å². The highest BCUT2D eigenvalue weighted by Crippen LogP contribution is 2.16. The molecule has 0 radical (unpaired) electrons. The third-order valence-electron chi connectivity index (χ3n) is 4.04. The van der Waals surface area contributed by atoms with Crippen LogP contribution in [-0.2, 0) is 11.3 Å². The van der Waals surface area contributed by atoms with Gasteiger partial charge in [-0.3, -0.25) is 9.59 Å². The van der Waals surface area contributed by atoms with Gasteiger partial charge < -0.3 is 10.6 Å². The maximum absolute atomic E-state index is 13.4. The molecule has 0 aliphatic carbocycles. The van der Waals surface area contributed by atoms with Crippen molar-refractivity contribution in [3.63, 3.8) is 0 Å². The molecule has 0 spiro atoms. The minimum Gasteiger partial charge on any atom is -0.350 e. The van der Waals surface area contributed by atoms with E-state index in [1.54, 1.807) is 49.0 Å². The summed E-state index contributed by atoms with van der Waals surface area (Å²) >= 11 is 4.96. The van der Waals surface area contributed by atoms with Crippen LogP contribution < -0.4 is 10.6 Å². The molecule has 0 aliphatic heterocycles. The SMILES string of the molecule is CSCCC(NC(=O)c1ccccc1Br)C(=O)NCc1ccc(F)c(C)c1. The molecule has 2 rings (SSSR count). The van der Waals surface area contributed by atoms with Crippen molar-refractivity contribution in [2.45, 2.75) is 25.9 Å². The predicted octanol–water partition coefficient (Wildman–Crippen LogP) is 4.06. The van der Waals surface area contributed by atoms with Gasteiger partial charge in [-0.1, -0.05) is 24.3 Å². The molecule has 4 nitrogen and oxygen atoms in total. The zero-order valence-electron chi connectivity index (χ0n) is 15.2. The second-order valence-electron chi connectivity index (χ2n) is 6.09. The number of amides is 2. The maximum atomic E-state index is 13.4. The van der Waals surface area contributed by atoms with Crippen LogP contribution in [-0.4, -0.2) is 29.9 Å². The average molecular weight is 453 g/mol. The van der Waals surface area contributed by atoms with Crippen molar-refractivity contribution in [1.82, 2.24) is 10.6 Å². The average Bonchev–Trinajstić information content (AvgIpc) is 2.66. The fourth-order valence-electron chi connectivity index (χ4n) is 2.51. The van der Waals surface area contributed by atoms with Gasteiger partial charge in [0.2, 0.25) is 5.91 Å². The summed E-state index contributed by atoms with van der Waals surface area (Å²) in [7, 11) is 0. The Morgan fingerprint density at radius 3 is 2.63 bits per heavy atom. The summed E-state index contributed by atoms with van der Waals surface area (Å²) in [6, 6.07) is 11.2. The van der Waals surface area contributed by atoms with Crippen molar-refractivity contribution >= 4 is 39.5 Å². The number of rotatable bonds is 8. The fraction of sp³-hybridized carbons (Fsp3) is 0.300. The van der Waals surface area contributed by atoms with Crippen molar-refractivity contribution in [3.8, 4) is 0 Å². The molecule has 7 heteroatoms. The van der Waals surface area contributed by atoms with Crippen LogP contribution in [0, 0.1) is 12.7 Å². The molecule has 0 saturated carbocycles. The van der Waals surface area contributed by atoms with E-state index in [1.807, 2.05) is 12.3 Å². The Labute approximate surface area is 171 Å². The number of benzene rings is 2. The first kappa shape index (κ1) is 21.4. The van der Waals surface area contributed by atoms with Gasteiger partial charge in [0.15, 0.2) is 0 Å². The molecule has 1 unspecified atom stereocenters. The van der Waals surface area contributed by atoms with E-state index in [2.05, 4.69) is 26.6 Å². The summed E-state index contributed by atoms with van der Waals surface area (Å²) in [5.41, 5.74) is 1.82. The van der Waals surface area contributed by atoms with Gasteiger partial charge in [0.1, 0.15) is 11.9 Å². The molecule has 0 aliphatic rings. The number of halogens is 2. The molecule has 1 atom stereocenters. The smallest absolute Gasteiger partial charge is 0.253 e. The Morgan fingerprint density at radius 2 is 1.96 bits per heavy atom. The summed E-state index contributed by atoms with van der Waals surface area (Å²) in [4.78, 5) is 25.1. The van der Waals surface area contributed by atoms with Gasteiger partial charge in [-0.25, -0.2) is 4.39 Å². The highest BCUT2D eigenvalue weighted by atomic mass is 79.9. The Bertz CT molecular complexity index is 816. The fourth-order valence-corrected chi connectivity index (χ4v) is 3.45. The number of hydrogen-bond acceptors (Lipinski definition) is 3. The summed E-state index contributed by atoms with van der Waals surface area (Å²) in [6.07, 6.45) is 2.47. The van der Waals surface area contributed by atoms with Crippen LogP contribution >= 0.6 is 27.7 Å². The summed E-state index contributed by atoms with van der Waals surface area (Å²) in [5, 5.41) is 5.64. The lowest BCUT2D eigenvalue weighted by Crippen LogP contribution is -2.47. The molecule has 0 fully saturated rings. The Kier molecular flexibility index (Phi) is 8.31. The van der Waals surface area contributed by atoms with E-state index in [1.165, 1.54) is 6.07 Å². The van der Waals surface area contributed by atoms with Gasteiger partial charge >= 0.3 is 0 Å². The van der Waals surface area contributed by atoms with Crippen molar-refractivity contribution < 1.29 is 14.0 Å². The van der Waals surface area contributed by atoms with E-state index in [0.717, 1.165) is 11.3 Å². The topological polar surface area (TPSA) is 58.2 Å². The van der Waals surface area contributed by atoms with Gasteiger partial charge in [-0.05, 0) is 70.6 Å².